The molecule has 3 aromatic rings. The molecule has 23 heavy (non-hydrogen) atoms. The summed E-state index contributed by atoms with van der Waals surface area (Å²) in [6.07, 6.45) is 0. The molecule has 0 atom stereocenters. The minimum atomic E-state index is -0.804. The Labute approximate surface area is 128 Å². The Morgan fingerprint density at radius 3 is 2.13 bits per heavy atom. The van der Waals surface area contributed by atoms with E-state index in [4.69, 9.17) is 4.42 Å². The second kappa shape index (κ2) is 4.84. The zero-order chi connectivity index (χ0) is 16.9. The summed E-state index contributed by atoms with van der Waals surface area (Å²) in [6, 6.07) is 4.58. The molecule has 0 aliphatic carbocycles. The highest BCUT2D eigenvalue weighted by Gasteiger charge is 2.19. The van der Waals surface area contributed by atoms with E-state index in [0.29, 0.717) is 5.56 Å². The Bertz CT molecular complexity index is 978. The van der Waals surface area contributed by atoms with Crippen molar-refractivity contribution in [3.63, 3.8) is 0 Å². The van der Waals surface area contributed by atoms with Crippen molar-refractivity contribution < 1.29 is 29.9 Å². The van der Waals surface area contributed by atoms with Gasteiger partial charge in [0.05, 0.1) is 5.39 Å². The van der Waals surface area contributed by atoms with Crippen LogP contribution in [0.3, 0.4) is 0 Å². The second-order valence-corrected chi connectivity index (χ2v) is 5.11. The molecule has 118 valence electrons. The molecule has 0 saturated heterocycles. The molecule has 0 aliphatic rings. The van der Waals surface area contributed by atoms with Gasteiger partial charge in [0.15, 0.2) is 28.8 Å². The van der Waals surface area contributed by atoms with Crippen molar-refractivity contribution in [3.05, 3.63) is 40.1 Å². The predicted molar refractivity (Wildman–Crippen MR) is 81.0 cm³/mol. The van der Waals surface area contributed by atoms with Crippen molar-refractivity contribution in [2.24, 2.45) is 0 Å². The minimum absolute atomic E-state index is 0.0525. The molecule has 0 aliphatic heterocycles. The quantitative estimate of drug-likeness (QED) is 0.435. The number of fused-ring (bicyclic) bond motifs is 1. The number of rotatable bonds is 1. The number of hydrogen-bond donors (Lipinski definition) is 5. The van der Waals surface area contributed by atoms with Crippen LogP contribution in [-0.4, -0.2) is 25.5 Å². The molecule has 0 fully saturated rings. The summed E-state index contributed by atoms with van der Waals surface area (Å²) in [7, 11) is 0. The van der Waals surface area contributed by atoms with E-state index in [1.807, 2.05) is 0 Å². The van der Waals surface area contributed by atoms with Gasteiger partial charge in [-0.1, -0.05) is 0 Å². The molecule has 0 spiro atoms. The van der Waals surface area contributed by atoms with Gasteiger partial charge in [0, 0.05) is 11.6 Å². The van der Waals surface area contributed by atoms with Crippen LogP contribution in [0.1, 0.15) is 5.56 Å². The average molecular weight is 316 g/mol. The van der Waals surface area contributed by atoms with Crippen LogP contribution in [0.4, 0.5) is 0 Å². The van der Waals surface area contributed by atoms with Gasteiger partial charge >= 0.3 is 0 Å². The first-order chi connectivity index (χ1) is 10.8. The Hall–Kier alpha value is -3.35. The lowest BCUT2D eigenvalue weighted by molar-refractivity contribution is 0.400. The monoisotopic (exact) mass is 316 g/mol. The summed E-state index contributed by atoms with van der Waals surface area (Å²) < 4.78 is 5.43. The van der Waals surface area contributed by atoms with Crippen molar-refractivity contribution in [2.75, 3.05) is 0 Å². The van der Waals surface area contributed by atoms with E-state index in [1.165, 1.54) is 13.0 Å². The van der Waals surface area contributed by atoms with E-state index in [9.17, 15) is 30.3 Å². The van der Waals surface area contributed by atoms with Crippen LogP contribution < -0.4 is 5.43 Å². The highest BCUT2D eigenvalue weighted by Crippen LogP contribution is 2.38. The normalized spacial score (nSPS) is 11.0. The highest BCUT2D eigenvalue weighted by molar-refractivity contribution is 5.85. The smallest absolute Gasteiger partial charge is 0.235 e. The Kier molecular flexibility index (Phi) is 3.07. The summed E-state index contributed by atoms with van der Waals surface area (Å²) >= 11 is 0. The van der Waals surface area contributed by atoms with Crippen LogP contribution in [0.15, 0.2) is 33.5 Å². The zero-order valence-electron chi connectivity index (χ0n) is 11.9. The summed E-state index contributed by atoms with van der Waals surface area (Å²) in [5, 5.41) is 48.2. The molecular weight excluding hydrogens is 304 g/mol. The van der Waals surface area contributed by atoms with E-state index < -0.39 is 28.4 Å². The first-order valence-corrected chi connectivity index (χ1v) is 6.54. The van der Waals surface area contributed by atoms with E-state index >= 15 is 0 Å². The van der Waals surface area contributed by atoms with Crippen LogP contribution in [0.5, 0.6) is 28.7 Å². The third-order valence-corrected chi connectivity index (χ3v) is 3.51. The first-order valence-electron chi connectivity index (χ1n) is 6.54. The van der Waals surface area contributed by atoms with Crippen LogP contribution in [0.25, 0.3) is 22.3 Å². The van der Waals surface area contributed by atoms with Gasteiger partial charge in [-0.05, 0) is 30.7 Å². The van der Waals surface area contributed by atoms with Crippen molar-refractivity contribution in [3.8, 4) is 40.1 Å². The van der Waals surface area contributed by atoms with Crippen molar-refractivity contribution >= 4 is 11.0 Å². The van der Waals surface area contributed by atoms with Gasteiger partial charge in [0.2, 0.25) is 11.2 Å². The summed E-state index contributed by atoms with van der Waals surface area (Å²) in [5.41, 5.74) is -0.373. The van der Waals surface area contributed by atoms with E-state index in [0.717, 1.165) is 18.2 Å². The van der Waals surface area contributed by atoms with Gasteiger partial charge < -0.3 is 29.9 Å². The molecule has 2 aromatic carbocycles. The number of benzene rings is 2. The molecule has 3 rings (SSSR count). The number of phenolic OH excluding ortho intramolecular Hbond substituents is 4. The summed E-state index contributed by atoms with van der Waals surface area (Å²) in [4.78, 5) is 12.2. The van der Waals surface area contributed by atoms with E-state index in [1.54, 1.807) is 0 Å². The predicted octanol–water partition coefficient (Wildman–Crippen LogP) is 2.30. The van der Waals surface area contributed by atoms with Crippen molar-refractivity contribution in [1.29, 1.82) is 0 Å². The first kappa shape index (κ1) is 14.6. The van der Waals surface area contributed by atoms with Crippen molar-refractivity contribution in [2.45, 2.75) is 6.92 Å². The Balaban J connectivity index is 2.37. The highest BCUT2D eigenvalue weighted by atomic mass is 16.4. The molecule has 0 radical (unpaired) electrons. The van der Waals surface area contributed by atoms with Gasteiger partial charge in [-0.15, -0.1) is 0 Å². The number of aryl methyl sites for hydroxylation is 1. The Morgan fingerprint density at radius 2 is 1.48 bits per heavy atom. The fourth-order valence-corrected chi connectivity index (χ4v) is 2.30. The standard InChI is InChI=1S/C16H12O7/c1-6-2-7(3-11(19)13(6)20)16-15(22)14(21)8-4-9(17)10(18)5-12(8)23-16/h2-5,17-20,22H,1H3. The molecule has 1 aromatic heterocycles. The number of aromatic hydroxyl groups is 5. The fraction of sp³-hybridized carbons (Fsp3) is 0.0625. The van der Waals surface area contributed by atoms with Gasteiger partial charge in [-0.25, -0.2) is 0 Å². The third kappa shape index (κ3) is 2.18. The van der Waals surface area contributed by atoms with Crippen LogP contribution in [-0.2, 0) is 0 Å². The molecule has 0 bridgehead atoms. The lowest BCUT2D eigenvalue weighted by Gasteiger charge is -2.09. The lowest BCUT2D eigenvalue weighted by Crippen LogP contribution is -2.02. The fourth-order valence-electron chi connectivity index (χ4n) is 2.30. The molecular formula is C16H12O7. The molecule has 1 heterocycles. The van der Waals surface area contributed by atoms with Crippen LogP contribution in [0, 0.1) is 6.92 Å². The minimum Gasteiger partial charge on any atom is -0.504 e. The van der Waals surface area contributed by atoms with E-state index in [2.05, 4.69) is 0 Å². The molecule has 7 heteroatoms. The van der Waals surface area contributed by atoms with Gasteiger partial charge in [-0.3, -0.25) is 4.79 Å². The largest absolute Gasteiger partial charge is 0.504 e. The lowest BCUT2D eigenvalue weighted by atomic mass is 10.1. The maximum atomic E-state index is 12.2. The third-order valence-electron chi connectivity index (χ3n) is 3.51. The molecule has 0 unspecified atom stereocenters. The Morgan fingerprint density at radius 1 is 0.826 bits per heavy atom. The zero-order valence-corrected chi connectivity index (χ0v) is 11.9. The number of hydrogen-bond acceptors (Lipinski definition) is 7. The molecule has 5 N–H and O–H groups in total. The molecule has 0 amide bonds. The van der Waals surface area contributed by atoms with Gasteiger partial charge in [0.25, 0.3) is 0 Å². The van der Waals surface area contributed by atoms with E-state index in [-0.39, 0.29) is 28.0 Å². The number of phenols is 4. The SMILES string of the molecule is Cc1cc(-c2oc3cc(O)c(O)cc3c(=O)c2O)cc(O)c1O. The second-order valence-electron chi connectivity index (χ2n) is 5.11. The average Bonchev–Trinajstić information content (AvgIpc) is 2.50. The maximum absolute atomic E-state index is 12.2. The van der Waals surface area contributed by atoms with Gasteiger partial charge in [0.1, 0.15) is 5.58 Å². The van der Waals surface area contributed by atoms with Crippen LogP contribution in [0.2, 0.25) is 0 Å². The topological polar surface area (TPSA) is 131 Å². The summed E-state index contributed by atoms with van der Waals surface area (Å²) in [6.45, 7) is 1.53. The molecule has 0 saturated carbocycles. The summed E-state index contributed by atoms with van der Waals surface area (Å²) in [5.74, 6) is -2.70. The van der Waals surface area contributed by atoms with Crippen LogP contribution >= 0.6 is 0 Å². The maximum Gasteiger partial charge on any atom is 0.235 e. The van der Waals surface area contributed by atoms with Crippen molar-refractivity contribution in [1.82, 2.24) is 0 Å². The van der Waals surface area contributed by atoms with Gasteiger partial charge in [-0.2, -0.15) is 0 Å². The molecule has 7 nitrogen and oxygen atoms in total.